The van der Waals surface area contributed by atoms with Crippen LogP contribution in [0.3, 0.4) is 0 Å². The highest BCUT2D eigenvalue weighted by atomic mass is 35.5. The van der Waals surface area contributed by atoms with Gasteiger partial charge in [0.05, 0.1) is 18.4 Å². The average Bonchev–Trinajstić information content (AvgIpc) is 2.56. The number of anilines is 1. The number of methoxy groups -OCH3 is 1. The van der Waals surface area contributed by atoms with Crippen molar-refractivity contribution >= 4 is 35.2 Å². The van der Waals surface area contributed by atoms with E-state index in [1.165, 1.54) is 18.2 Å². The monoisotopic (exact) mass is 345 g/mol. The second-order valence-corrected chi connectivity index (χ2v) is 5.49. The number of carbonyl (C=O) groups is 2. The Balaban J connectivity index is 2.19. The molecule has 0 spiro atoms. The lowest BCUT2D eigenvalue weighted by Crippen LogP contribution is -2.15. The third-order valence-corrected chi connectivity index (χ3v) is 3.55. The van der Waals surface area contributed by atoms with Gasteiger partial charge in [-0.05, 0) is 48.9 Å². The van der Waals surface area contributed by atoms with E-state index in [0.717, 1.165) is 11.3 Å². The van der Waals surface area contributed by atoms with Gasteiger partial charge in [-0.1, -0.05) is 23.7 Å². The molecule has 0 atom stereocenters. The smallest absolute Gasteiger partial charge is 0.337 e. The van der Waals surface area contributed by atoms with Gasteiger partial charge in [-0.15, -0.1) is 0 Å². The van der Waals surface area contributed by atoms with Crippen LogP contribution in [0.1, 0.15) is 22.8 Å². The molecule has 2 rings (SSSR count). The Morgan fingerprint density at radius 2 is 1.83 bits per heavy atom. The first-order valence-corrected chi connectivity index (χ1v) is 7.45. The van der Waals surface area contributed by atoms with Crippen molar-refractivity contribution in [2.24, 2.45) is 0 Å². The van der Waals surface area contributed by atoms with Gasteiger partial charge in [0.2, 0.25) is 0 Å². The van der Waals surface area contributed by atoms with Crippen LogP contribution in [-0.4, -0.2) is 24.1 Å². The molecule has 0 aromatic heterocycles. The van der Waals surface area contributed by atoms with Gasteiger partial charge in [-0.25, -0.2) is 4.79 Å². The van der Waals surface area contributed by atoms with Crippen LogP contribution < -0.4 is 10.1 Å². The molecule has 5 nitrogen and oxygen atoms in total. The topological polar surface area (TPSA) is 75.6 Å². The Labute approximate surface area is 144 Å². The van der Waals surface area contributed by atoms with Crippen LogP contribution >= 0.6 is 11.6 Å². The zero-order chi connectivity index (χ0) is 17.7. The zero-order valence-electron chi connectivity index (χ0n) is 13.2. The summed E-state index contributed by atoms with van der Waals surface area (Å²) in [6.07, 6.45) is 1.70. The van der Waals surface area contributed by atoms with E-state index in [1.807, 2.05) is 12.1 Å². The Kier molecular flexibility index (Phi) is 5.60. The van der Waals surface area contributed by atoms with Gasteiger partial charge in [-0.2, -0.15) is 0 Å². The van der Waals surface area contributed by atoms with E-state index in [-0.39, 0.29) is 16.3 Å². The van der Waals surface area contributed by atoms with Gasteiger partial charge in [0.15, 0.2) is 0 Å². The molecule has 24 heavy (non-hydrogen) atoms. The maximum absolute atomic E-state index is 12.3. The number of hydrogen-bond acceptors (Lipinski definition) is 3. The summed E-state index contributed by atoms with van der Waals surface area (Å²) in [4.78, 5) is 23.5. The van der Waals surface area contributed by atoms with Gasteiger partial charge in [0, 0.05) is 10.6 Å². The summed E-state index contributed by atoms with van der Waals surface area (Å²) in [7, 11) is 1.58. The van der Waals surface area contributed by atoms with E-state index in [1.54, 1.807) is 32.2 Å². The number of carboxylic acid groups (broad SMARTS) is 1. The van der Waals surface area contributed by atoms with Crippen LogP contribution in [0.4, 0.5) is 5.69 Å². The summed E-state index contributed by atoms with van der Waals surface area (Å²) < 4.78 is 5.08. The molecule has 1 amide bonds. The molecule has 2 N–H and O–H groups in total. The van der Waals surface area contributed by atoms with Crippen LogP contribution in [0.2, 0.25) is 5.02 Å². The number of carboxylic acids is 1. The molecule has 0 unspecified atom stereocenters. The van der Waals surface area contributed by atoms with E-state index < -0.39 is 11.9 Å². The fraction of sp³-hybridized carbons (Fsp3) is 0.111. The van der Waals surface area contributed by atoms with Crippen LogP contribution in [0.5, 0.6) is 5.75 Å². The summed E-state index contributed by atoms with van der Waals surface area (Å²) in [5, 5.41) is 12.1. The molecule has 0 fully saturated rings. The number of nitrogens with one attached hydrogen (secondary N) is 1. The highest BCUT2D eigenvalue weighted by Gasteiger charge is 2.14. The fourth-order valence-electron chi connectivity index (χ4n) is 2.04. The van der Waals surface area contributed by atoms with E-state index in [2.05, 4.69) is 5.32 Å². The molecule has 124 valence electrons. The van der Waals surface area contributed by atoms with Crippen molar-refractivity contribution in [2.75, 3.05) is 12.4 Å². The van der Waals surface area contributed by atoms with Crippen LogP contribution in [-0.2, 0) is 4.79 Å². The first-order valence-electron chi connectivity index (χ1n) is 7.07. The van der Waals surface area contributed by atoms with E-state index >= 15 is 0 Å². The van der Waals surface area contributed by atoms with Crippen LogP contribution in [0, 0.1) is 0 Å². The quantitative estimate of drug-likeness (QED) is 0.800. The Morgan fingerprint density at radius 3 is 2.42 bits per heavy atom. The van der Waals surface area contributed by atoms with Gasteiger partial charge in [-0.3, -0.25) is 4.79 Å². The Hall–Kier alpha value is -2.79. The van der Waals surface area contributed by atoms with Crippen LogP contribution in [0.15, 0.2) is 48.0 Å². The predicted molar refractivity (Wildman–Crippen MR) is 93.7 cm³/mol. The number of benzene rings is 2. The molecular formula is C18H16ClNO4. The van der Waals surface area contributed by atoms with E-state index in [9.17, 15) is 14.7 Å². The summed E-state index contributed by atoms with van der Waals surface area (Å²) in [5.74, 6) is -0.832. The van der Waals surface area contributed by atoms with Crippen molar-refractivity contribution in [2.45, 2.75) is 6.92 Å². The maximum atomic E-state index is 12.3. The molecule has 0 aliphatic carbocycles. The number of amides is 1. The Morgan fingerprint density at radius 1 is 1.17 bits per heavy atom. The standard InChI is InChI=1S/C18H16ClNO4/c1-11(9-12-3-6-14(24-2)7-4-12)17(21)20-16-8-5-13(19)10-15(16)18(22)23/h3-10H,1-2H3,(H,20,21)(H,22,23). The molecule has 2 aromatic carbocycles. The van der Waals surface area contributed by atoms with Crippen molar-refractivity contribution in [3.05, 3.63) is 64.2 Å². The minimum atomic E-state index is -1.16. The average molecular weight is 346 g/mol. The highest BCUT2D eigenvalue weighted by molar-refractivity contribution is 6.31. The molecular weight excluding hydrogens is 330 g/mol. The Bertz CT molecular complexity index is 797. The van der Waals surface area contributed by atoms with Gasteiger partial charge in [0.25, 0.3) is 5.91 Å². The van der Waals surface area contributed by atoms with E-state index in [0.29, 0.717) is 5.57 Å². The van der Waals surface area contributed by atoms with Gasteiger partial charge >= 0.3 is 5.97 Å². The fourth-order valence-corrected chi connectivity index (χ4v) is 2.21. The normalized spacial score (nSPS) is 11.0. The summed E-state index contributed by atoms with van der Waals surface area (Å²) in [6.45, 7) is 1.65. The second-order valence-electron chi connectivity index (χ2n) is 5.05. The summed E-state index contributed by atoms with van der Waals surface area (Å²) in [5.41, 5.74) is 1.40. The largest absolute Gasteiger partial charge is 0.497 e. The first kappa shape index (κ1) is 17.6. The number of halogens is 1. The van der Waals surface area contributed by atoms with Crippen molar-refractivity contribution < 1.29 is 19.4 Å². The molecule has 0 aliphatic heterocycles. The zero-order valence-corrected chi connectivity index (χ0v) is 13.9. The van der Waals surface area contributed by atoms with Crippen molar-refractivity contribution in [1.82, 2.24) is 0 Å². The number of rotatable bonds is 5. The maximum Gasteiger partial charge on any atom is 0.337 e. The molecule has 6 heteroatoms. The number of hydrogen-bond donors (Lipinski definition) is 2. The summed E-state index contributed by atoms with van der Waals surface area (Å²) in [6, 6.07) is 11.5. The van der Waals surface area contributed by atoms with Gasteiger partial charge < -0.3 is 15.2 Å². The number of aromatic carboxylic acids is 1. The predicted octanol–water partition coefficient (Wildman–Crippen LogP) is 4.09. The molecule has 0 aliphatic rings. The highest BCUT2D eigenvalue weighted by Crippen LogP contribution is 2.22. The summed E-state index contributed by atoms with van der Waals surface area (Å²) >= 11 is 5.79. The molecule has 0 heterocycles. The third kappa shape index (κ3) is 4.36. The minimum absolute atomic E-state index is 0.0619. The molecule has 0 saturated carbocycles. The van der Waals surface area contributed by atoms with Crippen LogP contribution in [0.25, 0.3) is 6.08 Å². The molecule has 0 bridgehead atoms. The lowest BCUT2D eigenvalue weighted by Gasteiger charge is -2.09. The molecule has 0 saturated heterocycles. The lowest BCUT2D eigenvalue weighted by atomic mass is 10.1. The second kappa shape index (κ2) is 7.66. The van der Waals surface area contributed by atoms with Crippen molar-refractivity contribution in [1.29, 1.82) is 0 Å². The number of carbonyl (C=O) groups excluding carboxylic acids is 1. The SMILES string of the molecule is COc1ccc(C=C(C)C(=O)Nc2ccc(Cl)cc2C(=O)O)cc1. The van der Waals surface area contributed by atoms with Crippen molar-refractivity contribution in [3.63, 3.8) is 0 Å². The first-order chi connectivity index (χ1) is 11.4. The van der Waals surface area contributed by atoms with Gasteiger partial charge in [0.1, 0.15) is 5.75 Å². The number of ether oxygens (including phenoxy) is 1. The minimum Gasteiger partial charge on any atom is -0.497 e. The third-order valence-electron chi connectivity index (χ3n) is 3.32. The molecule has 0 radical (unpaired) electrons. The van der Waals surface area contributed by atoms with E-state index in [4.69, 9.17) is 16.3 Å². The van der Waals surface area contributed by atoms with Crippen molar-refractivity contribution in [3.8, 4) is 5.75 Å². The molecule has 2 aromatic rings. The lowest BCUT2D eigenvalue weighted by molar-refractivity contribution is -0.112.